The van der Waals surface area contributed by atoms with Gasteiger partial charge in [-0.3, -0.25) is 28.9 Å². The summed E-state index contributed by atoms with van der Waals surface area (Å²) in [4.78, 5) is 82.6. The number of carbonyl (C=O) groups excluding carboxylic acids is 5. The van der Waals surface area contributed by atoms with Gasteiger partial charge < -0.3 is 35.7 Å². The molecule has 2 aliphatic heterocycles. The zero-order chi connectivity index (χ0) is 31.3. The molecule has 1 aromatic heterocycles. The second-order valence-electron chi connectivity index (χ2n) is 8.62. The number of fused-ring (bicyclic) bond motifs is 1. The lowest BCUT2D eigenvalue weighted by molar-refractivity contribution is -0.150. The highest BCUT2D eigenvalue weighted by Crippen LogP contribution is 2.40. The largest absolute Gasteiger partial charge is 0.506 e. The number of carboxylic acids is 1. The van der Waals surface area contributed by atoms with Gasteiger partial charge in [-0.05, 0) is 18.2 Å². The zero-order valence-electron chi connectivity index (χ0n) is 21.9. The van der Waals surface area contributed by atoms with Gasteiger partial charge in [-0.1, -0.05) is 16.8 Å². The van der Waals surface area contributed by atoms with E-state index in [-0.39, 0.29) is 50.9 Å². The molecule has 0 radical (unpaired) electrons. The summed E-state index contributed by atoms with van der Waals surface area (Å²) in [7, 11) is 0. The number of benzene rings is 1. The Balaban J connectivity index is 1.49. The third-order valence-corrected chi connectivity index (χ3v) is 8.06. The topological polar surface area (TPSA) is 226 Å². The lowest BCUT2D eigenvalue weighted by Gasteiger charge is -2.49. The molecule has 19 heteroatoms. The first kappa shape index (κ1) is 31.3. The first-order chi connectivity index (χ1) is 20.5. The Kier molecular flexibility index (Phi) is 9.84. The second kappa shape index (κ2) is 13.5. The lowest BCUT2D eigenvalue weighted by atomic mass is 10.0. The maximum absolute atomic E-state index is 13.3. The number of rotatable bonds is 12. The number of aliphatic carboxylic acids is 1. The highest BCUT2D eigenvalue weighted by molar-refractivity contribution is 8.00. The van der Waals surface area contributed by atoms with E-state index in [0.717, 1.165) is 28.0 Å². The van der Waals surface area contributed by atoms with Gasteiger partial charge >= 0.3 is 11.9 Å². The number of thioether (sulfide) groups is 1. The van der Waals surface area contributed by atoms with E-state index < -0.39 is 53.4 Å². The minimum Gasteiger partial charge on any atom is -0.506 e. The monoisotopic (exact) mass is 652 g/mol. The molecule has 0 saturated carbocycles. The molecule has 2 atom stereocenters. The number of oxime groups is 1. The molecule has 226 valence electrons. The molecule has 2 aliphatic rings. The van der Waals surface area contributed by atoms with Crippen LogP contribution in [0.25, 0.3) is 0 Å². The Bertz CT molecular complexity index is 1560. The molecule has 3 heterocycles. The maximum Gasteiger partial charge on any atom is 0.352 e. The summed E-state index contributed by atoms with van der Waals surface area (Å²) in [6.45, 7) is 0.149. The van der Waals surface area contributed by atoms with Gasteiger partial charge in [0, 0.05) is 28.7 Å². The number of phenolic OH excluding ortho intramolecular Hbond substituents is 1. The van der Waals surface area contributed by atoms with E-state index in [4.69, 9.17) is 21.2 Å². The predicted molar refractivity (Wildman–Crippen MR) is 152 cm³/mol. The second-order valence-corrected chi connectivity index (χ2v) is 11.0. The number of ether oxygens (including phenoxy) is 1. The van der Waals surface area contributed by atoms with Crippen LogP contribution in [-0.2, 0) is 38.3 Å². The fraction of sp³-hybridized carbons (Fsp3) is 0.250. The molecule has 1 saturated heterocycles. The third kappa shape index (κ3) is 7.22. The number of nitrogens with zero attached hydrogens (tertiary/aromatic N) is 3. The molecule has 0 bridgehead atoms. The number of aromatic hydroxyl groups is 1. The number of aromatic nitrogens is 1. The summed E-state index contributed by atoms with van der Waals surface area (Å²) < 4.78 is 4.90. The third-order valence-electron chi connectivity index (χ3n) is 5.71. The summed E-state index contributed by atoms with van der Waals surface area (Å²) in [6, 6.07) is 2.84. The summed E-state index contributed by atoms with van der Waals surface area (Å²) in [5.74, 6) is -4.59. The molecule has 4 rings (SSSR count). The number of hydrogen-bond donors (Lipinski definition) is 5. The summed E-state index contributed by atoms with van der Waals surface area (Å²) in [5.41, 5.74) is -0.617. The van der Waals surface area contributed by atoms with Gasteiger partial charge in [0.2, 0.25) is 6.41 Å². The van der Waals surface area contributed by atoms with Crippen molar-refractivity contribution in [3.63, 3.8) is 0 Å². The van der Waals surface area contributed by atoms with Crippen LogP contribution in [0, 0.1) is 0 Å². The number of carboxylic acid groups (broad SMARTS) is 1. The summed E-state index contributed by atoms with van der Waals surface area (Å²) >= 11 is 7.98. The van der Waals surface area contributed by atoms with Crippen molar-refractivity contribution in [1.82, 2.24) is 15.2 Å². The Morgan fingerprint density at radius 3 is 2.77 bits per heavy atom. The molecule has 0 unspecified atom stereocenters. The van der Waals surface area contributed by atoms with Crippen molar-refractivity contribution in [2.75, 3.05) is 29.6 Å². The van der Waals surface area contributed by atoms with Crippen LogP contribution >= 0.6 is 34.7 Å². The lowest BCUT2D eigenvalue weighted by Crippen LogP contribution is -2.71. The highest BCUT2D eigenvalue weighted by Gasteiger charge is 2.54. The number of β-lactam (4-membered cyclic amide) rings is 1. The number of amides is 4. The molecule has 2 aromatic rings. The number of thiazole rings is 1. The van der Waals surface area contributed by atoms with Crippen LogP contribution in [0.3, 0.4) is 0 Å². The molecule has 43 heavy (non-hydrogen) atoms. The molecular formula is C24H21ClN6O10S2. The van der Waals surface area contributed by atoms with Crippen LogP contribution in [0.5, 0.6) is 5.75 Å². The van der Waals surface area contributed by atoms with Gasteiger partial charge in [-0.2, -0.15) is 0 Å². The van der Waals surface area contributed by atoms with E-state index in [1.807, 2.05) is 0 Å². The Morgan fingerprint density at radius 2 is 2.07 bits per heavy atom. The van der Waals surface area contributed by atoms with Gasteiger partial charge in [0.15, 0.2) is 17.5 Å². The SMILES string of the molecule is CC(=O)OCC1=C(C(=O)O)N2C(=O)[C@@H](NC(=O)C(=NOCC(=O)Nc3cc(Cl)ccc3O)c3csc(NC=O)n3)[C@H]2SC1. The number of esters is 1. The van der Waals surface area contributed by atoms with E-state index in [0.29, 0.717) is 6.41 Å². The number of halogens is 1. The summed E-state index contributed by atoms with van der Waals surface area (Å²) in [5, 5.41) is 31.4. The first-order valence-electron chi connectivity index (χ1n) is 12.0. The minimum absolute atomic E-state index is 0.0101. The van der Waals surface area contributed by atoms with Crippen LogP contribution in [0.1, 0.15) is 12.6 Å². The van der Waals surface area contributed by atoms with Crippen molar-refractivity contribution < 1.29 is 48.6 Å². The average molecular weight is 653 g/mol. The van der Waals surface area contributed by atoms with Gasteiger partial charge in [0.05, 0.1) is 5.69 Å². The van der Waals surface area contributed by atoms with E-state index >= 15 is 0 Å². The average Bonchev–Trinajstić information content (AvgIpc) is 3.42. The van der Waals surface area contributed by atoms with E-state index in [1.165, 1.54) is 30.5 Å². The Hall–Kier alpha value is -4.68. The number of hydrogen-bond acceptors (Lipinski definition) is 13. The predicted octanol–water partition coefficient (Wildman–Crippen LogP) is 0.732. The number of carbonyl (C=O) groups is 6. The quantitative estimate of drug-likeness (QED) is 0.0534. The molecule has 4 amide bonds. The van der Waals surface area contributed by atoms with Crippen molar-refractivity contribution >= 4 is 87.3 Å². The smallest absolute Gasteiger partial charge is 0.352 e. The number of phenols is 1. The standard InChI is InChI=1S/C24H21ClN6O10S2/c1-10(33)40-5-11-7-42-22-18(21(37)31(22)19(11)23(38)39)29-20(36)17(14-8-43-24(28-14)26-9-32)30-41-6-16(35)27-13-4-12(25)2-3-15(13)34/h2-4,8-9,18,22,34H,5-7H2,1H3,(H,27,35)(H,29,36)(H,38,39)(H,26,28,32)/t18-,22-/m1/s1. The molecule has 0 aliphatic carbocycles. The Morgan fingerprint density at radius 1 is 1.30 bits per heavy atom. The fourth-order valence-corrected chi connectivity index (χ4v) is 6.00. The normalized spacial score (nSPS) is 17.8. The Labute approximate surface area is 255 Å². The molecule has 16 nitrogen and oxygen atoms in total. The van der Waals surface area contributed by atoms with Crippen LogP contribution in [-0.4, -0.2) is 92.3 Å². The zero-order valence-corrected chi connectivity index (χ0v) is 24.2. The van der Waals surface area contributed by atoms with Crippen molar-refractivity contribution in [3.8, 4) is 5.75 Å². The van der Waals surface area contributed by atoms with Crippen molar-refractivity contribution in [3.05, 3.63) is 45.6 Å². The minimum atomic E-state index is -1.40. The van der Waals surface area contributed by atoms with E-state index in [2.05, 4.69) is 26.1 Å². The summed E-state index contributed by atoms with van der Waals surface area (Å²) in [6.07, 6.45) is 0.372. The van der Waals surface area contributed by atoms with Crippen LogP contribution < -0.4 is 16.0 Å². The molecule has 0 spiro atoms. The number of anilines is 2. The molecule has 5 N–H and O–H groups in total. The van der Waals surface area contributed by atoms with Gasteiger partial charge in [-0.15, -0.1) is 23.1 Å². The van der Waals surface area contributed by atoms with E-state index in [1.54, 1.807) is 0 Å². The van der Waals surface area contributed by atoms with Gasteiger partial charge in [-0.25, -0.2) is 9.78 Å². The van der Waals surface area contributed by atoms with Crippen LogP contribution in [0.2, 0.25) is 5.02 Å². The van der Waals surface area contributed by atoms with E-state index in [9.17, 15) is 39.0 Å². The van der Waals surface area contributed by atoms with Crippen molar-refractivity contribution in [2.24, 2.45) is 5.16 Å². The molecule has 1 aromatic carbocycles. The van der Waals surface area contributed by atoms with Crippen molar-refractivity contribution in [2.45, 2.75) is 18.3 Å². The molecule has 1 fully saturated rings. The first-order valence-corrected chi connectivity index (χ1v) is 14.3. The highest BCUT2D eigenvalue weighted by atomic mass is 35.5. The van der Waals surface area contributed by atoms with Gasteiger partial charge in [0.1, 0.15) is 35.2 Å². The van der Waals surface area contributed by atoms with Gasteiger partial charge in [0.25, 0.3) is 17.7 Å². The maximum atomic E-state index is 13.3. The van der Waals surface area contributed by atoms with Crippen molar-refractivity contribution in [1.29, 1.82) is 0 Å². The molecular weight excluding hydrogens is 632 g/mol. The number of nitrogens with one attached hydrogen (secondary N) is 3. The fourth-order valence-electron chi connectivity index (χ4n) is 3.85. The van der Waals surface area contributed by atoms with Crippen LogP contribution in [0.4, 0.5) is 10.8 Å². The van der Waals surface area contributed by atoms with Crippen LogP contribution in [0.15, 0.2) is 40.0 Å².